The molecule has 1 saturated heterocycles. The second-order valence-electron chi connectivity index (χ2n) is 7.83. The summed E-state index contributed by atoms with van der Waals surface area (Å²) in [4.78, 5) is 28.5. The van der Waals surface area contributed by atoms with Crippen LogP contribution in [0.1, 0.15) is 59.1 Å². The molecule has 1 fully saturated rings. The van der Waals surface area contributed by atoms with Crippen molar-refractivity contribution < 1.29 is 9.59 Å². The second kappa shape index (κ2) is 7.03. The Morgan fingerprint density at radius 1 is 1.07 bits per heavy atom. The molecule has 2 amide bonds. The van der Waals surface area contributed by atoms with Crippen molar-refractivity contribution in [2.75, 3.05) is 19.6 Å². The summed E-state index contributed by atoms with van der Waals surface area (Å²) in [7, 11) is 1.85. The highest BCUT2D eigenvalue weighted by atomic mass is 16.2. The summed E-state index contributed by atoms with van der Waals surface area (Å²) in [5.74, 6) is 2.08. The van der Waals surface area contributed by atoms with Gasteiger partial charge < -0.3 is 14.4 Å². The molecule has 0 bridgehead atoms. The number of aromatic nitrogens is 5. The van der Waals surface area contributed by atoms with Gasteiger partial charge in [-0.15, -0.1) is 10.2 Å². The van der Waals surface area contributed by atoms with E-state index >= 15 is 0 Å². The van der Waals surface area contributed by atoms with E-state index in [1.165, 1.54) is 0 Å². The van der Waals surface area contributed by atoms with Gasteiger partial charge in [-0.25, -0.2) is 0 Å². The van der Waals surface area contributed by atoms with Crippen molar-refractivity contribution in [3.63, 3.8) is 0 Å². The van der Waals surface area contributed by atoms with Crippen LogP contribution >= 0.6 is 0 Å². The van der Waals surface area contributed by atoms with Crippen LogP contribution in [0.2, 0.25) is 0 Å². The molecule has 0 aromatic carbocycles. The first-order chi connectivity index (χ1) is 13.4. The molecule has 2 aromatic rings. The van der Waals surface area contributed by atoms with Crippen LogP contribution in [0, 0.1) is 13.8 Å². The third-order valence-corrected chi connectivity index (χ3v) is 6.02. The molecule has 4 rings (SSSR count). The minimum Gasteiger partial charge on any atom is -0.342 e. The number of rotatable bonds is 2. The van der Waals surface area contributed by atoms with Crippen LogP contribution in [-0.4, -0.2) is 65.8 Å². The number of piperidine rings is 1. The lowest BCUT2D eigenvalue weighted by molar-refractivity contribution is -0.130. The fourth-order valence-electron chi connectivity index (χ4n) is 4.37. The Balaban J connectivity index is 1.53. The number of carbonyl (C=O) groups excluding carboxylic acids is 2. The highest BCUT2D eigenvalue weighted by molar-refractivity contribution is 5.96. The fourth-order valence-corrected chi connectivity index (χ4v) is 4.37. The van der Waals surface area contributed by atoms with Crippen LogP contribution in [-0.2, 0) is 24.9 Å². The predicted molar refractivity (Wildman–Crippen MR) is 102 cm³/mol. The number of nitrogens with zero attached hydrogens (tertiary/aromatic N) is 7. The van der Waals surface area contributed by atoms with E-state index in [0.717, 1.165) is 42.4 Å². The van der Waals surface area contributed by atoms with Gasteiger partial charge in [-0.1, -0.05) is 0 Å². The summed E-state index contributed by atoms with van der Waals surface area (Å²) in [6, 6.07) is 0. The quantitative estimate of drug-likeness (QED) is 0.770. The van der Waals surface area contributed by atoms with Crippen molar-refractivity contribution in [2.24, 2.45) is 7.05 Å². The van der Waals surface area contributed by atoms with Crippen molar-refractivity contribution >= 4 is 11.8 Å². The maximum Gasteiger partial charge on any atom is 0.258 e. The number of likely N-dealkylation sites (tertiary alicyclic amines) is 1. The Hall–Kier alpha value is -2.71. The van der Waals surface area contributed by atoms with Gasteiger partial charge in [0.05, 0.1) is 17.8 Å². The Bertz CT molecular complexity index is 929. The van der Waals surface area contributed by atoms with E-state index < -0.39 is 0 Å². The lowest BCUT2D eigenvalue weighted by Gasteiger charge is -2.33. The highest BCUT2D eigenvalue weighted by Gasteiger charge is 2.32. The summed E-state index contributed by atoms with van der Waals surface area (Å²) < 4.78 is 3.89. The van der Waals surface area contributed by atoms with E-state index in [1.54, 1.807) is 11.6 Å². The molecule has 0 saturated carbocycles. The van der Waals surface area contributed by atoms with Crippen LogP contribution in [0.5, 0.6) is 0 Å². The summed E-state index contributed by atoms with van der Waals surface area (Å²) in [6.07, 6.45) is 2.00. The van der Waals surface area contributed by atoms with Crippen molar-refractivity contribution in [1.29, 1.82) is 0 Å². The Labute approximate surface area is 164 Å². The normalized spacial score (nSPS) is 19.6. The van der Waals surface area contributed by atoms with Gasteiger partial charge in [-0.2, -0.15) is 5.10 Å². The minimum atomic E-state index is -0.000629. The van der Waals surface area contributed by atoms with E-state index in [4.69, 9.17) is 0 Å². The first-order valence-electron chi connectivity index (χ1n) is 9.83. The second-order valence-corrected chi connectivity index (χ2v) is 7.83. The molecule has 2 aliphatic rings. The van der Waals surface area contributed by atoms with Gasteiger partial charge in [0.2, 0.25) is 5.91 Å². The monoisotopic (exact) mass is 385 g/mol. The molecule has 1 unspecified atom stereocenters. The largest absolute Gasteiger partial charge is 0.342 e. The van der Waals surface area contributed by atoms with Crippen LogP contribution in [0.3, 0.4) is 0 Å². The SMILES string of the molecule is CC(=O)N1CCCC(c2nnc3n2CCN(C(=O)c2c(C)nn(C)c2C)C3)C1. The Kier molecular flexibility index (Phi) is 4.68. The summed E-state index contributed by atoms with van der Waals surface area (Å²) in [5, 5.41) is 13.2. The van der Waals surface area contributed by atoms with Gasteiger partial charge in [0.25, 0.3) is 5.91 Å². The highest BCUT2D eigenvalue weighted by Crippen LogP contribution is 2.28. The Morgan fingerprint density at radius 2 is 1.86 bits per heavy atom. The Morgan fingerprint density at radius 3 is 2.54 bits per heavy atom. The lowest BCUT2D eigenvalue weighted by atomic mass is 9.97. The molecule has 2 aromatic heterocycles. The number of carbonyl (C=O) groups is 2. The van der Waals surface area contributed by atoms with Crippen molar-refractivity contribution in [1.82, 2.24) is 34.3 Å². The molecule has 9 nitrogen and oxygen atoms in total. The minimum absolute atomic E-state index is 0.000629. The molecule has 9 heteroatoms. The number of fused-ring (bicyclic) bond motifs is 1. The number of amides is 2. The smallest absolute Gasteiger partial charge is 0.258 e. The van der Waals surface area contributed by atoms with E-state index in [1.807, 2.05) is 30.7 Å². The molecule has 28 heavy (non-hydrogen) atoms. The zero-order valence-electron chi connectivity index (χ0n) is 17.0. The molecule has 150 valence electrons. The van der Waals surface area contributed by atoms with Crippen molar-refractivity contribution in [2.45, 2.75) is 52.6 Å². The number of hydrogen-bond acceptors (Lipinski definition) is 5. The van der Waals surface area contributed by atoms with Gasteiger partial charge in [0, 0.05) is 51.8 Å². The predicted octanol–water partition coefficient (Wildman–Crippen LogP) is 1.01. The van der Waals surface area contributed by atoms with Crippen LogP contribution in [0.25, 0.3) is 0 Å². The zero-order valence-corrected chi connectivity index (χ0v) is 17.0. The molecule has 0 spiro atoms. The number of aryl methyl sites for hydroxylation is 2. The third-order valence-electron chi connectivity index (χ3n) is 6.02. The first kappa shape index (κ1) is 18.6. The molecule has 4 heterocycles. The summed E-state index contributed by atoms with van der Waals surface area (Å²) >= 11 is 0. The first-order valence-corrected chi connectivity index (χ1v) is 9.83. The van der Waals surface area contributed by atoms with Crippen molar-refractivity contribution in [3.05, 3.63) is 28.6 Å². The fraction of sp³-hybridized carbons (Fsp3) is 0.632. The molecular formula is C19H27N7O2. The van der Waals surface area contributed by atoms with Crippen LogP contribution < -0.4 is 0 Å². The zero-order chi connectivity index (χ0) is 20.0. The molecule has 0 radical (unpaired) electrons. The van der Waals surface area contributed by atoms with E-state index in [2.05, 4.69) is 19.9 Å². The molecule has 1 atom stereocenters. The van der Waals surface area contributed by atoms with Gasteiger partial charge in [0.1, 0.15) is 5.82 Å². The lowest BCUT2D eigenvalue weighted by Crippen LogP contribution is -2.41. The molecule has 0 aliphatic carbocycles. The molecule has 0 N–H and O–H groups in total. The average molecular weight is 385 g/mol. The maximum atomic E-state index is 13.1. The molecular weight excluding hydrogens is 358 g/mol. The van der Waals surface area contributed by atoms with E-state index in [-0.39, 0.29) is 17.7 Å². The standard InChI is InChI=1S/C19H27N7O2/c1-12-17(13(2)23(4)22-12)19(28)25-8-9-26-16(11-25)20-21-18(26)15-6-5-7-24(10-15)14(3)27/h15H,5-11H2,1-4H3. The maximum absolute atomic E-state index is 13.1. The summed E-state index contributed by atoms with van der Waals surface area (Å²) in [6.45, 7) is 8.67. The van der Waals surface area contributed by atoms with E-state index in [9.17, 15) is 9.59 Å². The van der Waals surface area contributed by atoms with Crippen LogP contribution in [0.15, 0.2) is 0 Å². The van der Waals surface area contributed by atoms with Gasteiger partial charge >= 0.3 is 0 Å². The van der Waals surface area contributed by atoms with Crippen molar-refractivity contribution in [3.8, 4) is 0 Å². The van der Waals surface area contributed by atoms with Crippen LogP contribution in [0.4, 0.5) is 0 Å². The third kappa shape index (κ3) is 3.08. The molecule has 2 aliphatic heterocycles. The van der Waals surface area contributed by atoms with E-state index in [0.29, 0.717) is 31.7 Å². The number of hydrogen-bond donors (Lipinski definition) is 0. The topological polar surface area (TPSA) is 89.2 Å². The summed E-state index contributed by atoms with van der Waals surface area (Å²) in [5.41, 5.74) is 2.31. The van der Waals surface area contributed by atoms with Gasteiger partial charge in [-0.3, -0.25) is 14.3 Å². The van der Waals surface area contributed by atoms with Gasteiger partial charge in [-0.05, 0) is 26.7 Å². The van der Waals surface area contributed by atoms with Gasteiger partial charge in [0.15, 0.2) is 5.82 Å². The average Bonchev–Trinajstić information content (AvgIpc) is 3.21.